The molecular weight excluding hydrogens is 323 g/mol. The molecule has 1 aromatic heterocycles. The van der Waals surface area contributed by atoms with Gasteiger partial charge in [-0.05, 0) is 30.7 Å². The monoisotopic (exact) mass is 344 g/mol. The molecule has 3 rings (SSSR count). The van der Waals surface area contributed by atoms with Crippen LogP contribution in [0.4, 0.5) is 20.6 Å². The van der Waals surface area contributed by atoms with Crippen LogP contribution in [0.1, 0.15) is 5.56 Å². The molecule has 0 atom stereocenters. The lowest BCUT2D eigenvalue weighted by Gasteiger charge is -2.36. The van der Waals surface area contributed by atoms with Gasteiger partial charge in [0.25, 0.3) is 0 Å². The molecule has 0 spiro atoms. The average Bonchev–Trinajstić information content (AvgIpc) is 2.62. The van der Waals surface area contributed by atoms with Crippen molar-refractivity contribution in [3.8, 4) is 5.88 Å². The summed E-state index contributed by atoms with van der Waals surface area (Å²) in [7, 11) is 1.51. The first-order valence-corrected chi connectivity index (χ1v) is 8.14. The SMILES string of the molecule is COc1ncc(C)cc1NC(=O)N1CCN(c2ccccc2F)CC1. The Kier molecular flexibility index (Phi) is 5.02. The van der Waals surface area contributed by atoms with E-state index >= 15 is 0 Å². The van der Waals surface area contributed by atoms with Crippen LogP contribution in [-0.2, 0) is 0 Å². The topological polar surface area (TPSA) is 57.7 Å². The van der Waals surface area contributed by atoms with E-state index in [-0.39, 0.29) is 11.8 Å². The molecule has 2 aromatic rings. The first-order chi connectivity index (χ1) is 12.1. The number of para-hydroxylation sites is 1. The summed E-state index contributed by atoms with van der Waals surface area (Å²) in [5.74, 6) is 0.139. The number of amides is 2. The summed E-state index contributed by atoms with van der Waals surface area (Å²) in [5.41, 5.74) is 2.05. The number of nitrogens with one attached hydrogen (secondary N) is 1. The fourth-order valence-corrected chi connectivity index (χ4v) is 2.86. The number of pyridine rings is 1. The molecule has 1 aromatic carbocycles. The molecule has 0 unspecified atom stereocenters. The van der Waals surface area contributed by atoms with E-state index in [9.17, 15) is 9.18 Å². The van der Waals surface area contributed by atoms with Crippen LogP contribution in [-0.4, -0.2) is 49.2 Å². The van der Waals surface area contributed by atoms with E-state index in [0.29, 0.717) is 43.4 Å². The van der Waals surface area contributed by atoms with E-state index in [1.807, 2.05) is 24.0 Å². The van der Waals surface area contributed by atoms with Crippen LogP contribution in [0.15, 0.2) is 36.5 Å². The molecule has 7 heteroatoms. The maximum atomic E-state index is 13.9. The highest BCUT2D eigenvalue weighted by atomic mass is 19.1. The molecule has 0 bridgehead atoms. The highest BCUT2D eigenvalue weighted by Crippen LogP contribution is 2.23. The summed E-state index contributed by atoms with van der Waals surface area (Å²) in [6.45, 7) is 4.09. The number of hydrogen-bond donors (Lipinski definition) is 1. The van der Waals surface area contributed by atoms with E-state index in [4.69, 9.17) is 4.74 Å². The Labute approximate surface area is 146 Å². The molecule has 25 heavy (non-hydrogen) atoms. The van der Waals surface area contributed by atoms with Crippen LogP contribution in [0, 0.1) is 12.7 Å². The molecule has 1 aliphatic rings. The quantitative estimate of drug-likeness (QED) is 0.930. The number of aromatic nitrogens is 1. The van der Waals surface area contributed by atoms with Crippen LogP contribution in [0.5, 0.6) is 5.88 Å². The largest absolute Gasteiger partial charge is 0.480 e. The normalized spacial score (nSPS) is 14.4. The summed E-state index contributed by atoms with van der Waals surface area (Å²) < 4.78 is 19.1. The minimum absolute atomic E-state index is 0.209. The van der Waals surface area contributed by atoms with Crippen molar-refractivity contribution in [3.05, 3.63) is 47.9 Å². The van der Waals surface area contributed by atoms with Gasteiger partial charge < -0.3 is 19.9 Å². The van der Waals surface area contributed by atoms with Crippen molar-refractivity contribution in [2.24, 2.45) is 0 Å². The summed E-state index contributed by atoms with van der Waals surface area (Å²) in [6, 6.07) is 8.30. The average molecular weight is 344 g/mol. The number of carbonyl (C=O) groups is 1. The fourth-order valence-electron chi connectivity index (χ4n) is 2.86. The van der Waals surface area contributed by atoms with Crippen LogP contribution < -0.4 is 15.0 Å². The Morgan fingerprint density at radius 2 is 1.96 bits per heavy atom. The molecule has 1 saturated heterocycles. The second kappa shape index (κ2) is 7.38. The minimum Gasteiger partial charge on any atom is -0.480 e. The van der Waals surface area contributed by atoms with Crippen LogP contribution in [0.2, 0.25) is 0 Å². The Morgan fingerprint density at radius 3 is 2.64 bits per heavy atom. The van der Waals surface area contributed by atoms with Crippen molar-refractivity contribution in [2.75, 3.05) is 43.5 Å². The van der Waals surface area contributed by atoms with Gasteiger partial charge in [-0.25, -0.2) is 14.2 Å². The van der Waals surface area contributed by atoms with Crippen molar-refractivity contribution in [2.45, 2.75) is 6.92 Å². The maximum Gasteiger partial charge on any atom is 0.322 e. The van der Waals surface area contributed by atoms with Crippen molar-refractivity contribution in [1.82, 2.24) is 9.88 Å². The molecule has 0 aliphatic carbocycles. The number of methoxy groups -OCH3 is 1. The summed E-state index contributed by atoms with van der Waals surface area (Å²) in [6.07, 6.45) is 1.68. The lowest BCUT2D eigenvalue weighted by atomic mass is 10.2. The van der Waals surface area contributed by atoms with E-state index in [1.165, 1.54) is 13.2 Å². The number of nitrogens with zero attached hydrogens (tertiary/aromatic N) is 3. The molecule has 2 heterocycles. The number of piperazine rings is 1. The Hall–Kier alpha value is -2.83. The van der Waals surface area contributed by atoms with Crippen molar-refractivity contribution >= 4 is 17.4 Å². The van der Waals surface area contributed by atoms with Crippen molar-refractivity contribution < 1.29 is 13.9 Å². The maximum absolute atomic E-state index is 13.9. The zero-order valence-electron chi connectivity index (χ0n) is 14.3. The summed E-state index contributed by atoms with van der Waals surface area (Å²) in [4.78, 5) is 20.3. The number of ether oxygens (including phenoxy) is 1. The molecular formula is C18H21FN4O2. The van der Waals surface area contributed by atoms with Gasteiger partial charge in [-0.2, -0.15) is 0 Å². The highest BCUT2D eigenvalue weighted by Gasteiger charge is 2.23. The number of benzene rings is 1. The van der Waals surface area contributed by atoms with E-state index in [1.54, 1.807) is 23.2 Å². The van der Waals surface area contributed by atoms with Gasteiger partial charge in [0.2, 0.25) is 5.88 Å². The van der Waals surface area contributed by atoms with Gasteiger partial charge in [-0.3, -0.25) is 0 Å². The Balaban J connectivity index is 1.62. The standard InChI is InChI=1S/C18H21FN4O2/c1-13-11-15(17(25-2)20-12-13)21-18(24)23-9-7-22(8-10-23)16-6-4-3-5-14(16)19/h3-6,11-12H,7-10H2,1-2H3,(H,21,24). The molecule has 1 N–H and O–H groups in total. The minimum atomic E-state index is -0.240. The van der Waals surface area contributed by atoms with Crippen LogP contribution in [0.25, 0.3) is 0 Å². The number of urea groups is 1. The van der Waals surface area contributed by atoms with Gasteiger partial charge in [0.15, 0.2) is 0 Å². The van der Waals surface area contributed by atoms with E-state index in [0.717, 1.165) is 5.56 Å². The molecule has 2 amide bonds. The molecule has 0 saturated carbocycles. The summed E-state index contributed by atoms with van der Waals surface area (Å²) >= 11 is 0. The van der Waals surface area contributed by atoms with Gasteiger partial charge in [0.05, 0.1) is 12.8 Å². The lowest BCUT2D eigenvalue weighted by Crippen LogP contribution is -2.50. The zero-order valence-corrected chi connectivity index (χ0v) is 14.3. The number of aryl methyl sites for hydroxylation is 1. The molecule has 6 nitrogen and oxygen atoms in total. The van der Waals surface area contributed by atoms with Crippen molar-refractivity contribution in [3.63, 3.8) is 0 Å². The van der Waals surface area contributed by atoms with Gasteiger partial charge in [-0.1, -0.05) is 12.1 Å². The smallest absolute Gasteiger partial charge is 0.322 e. The van der Waals surface area contributed by atoms with Gasteiger partial charge >= 0.3 is 6.03 Å². The predicted octanol–water partition coefficient (Wildman–Crippen LogP) is 2.89. The van der Waals surface area contributed by atoms with Crippen LogP contribution >= 0.6 is 0 Å². The second-order valence-electron chi connectivity index (χ2n) is 5.93. The van der Waals surface area contributed by atoms with E-state index in [2.05, 4.69) is 10.3 Å². The zero-order chi connectivity index (χ0) is 17.8. The Bertz CT molecular complexity index is 760. The number of anilines is 2. The van der Waals surface area contributed by atoms with E-state index < -0.39 is 0 Å². The lowest BCUT2D eigenvalue weighted by molar-refractivity contribution is 0.208. The highest BCUT2D eigenvalue weighted by molar-refractivity contribution is 5.90. The first-order valence-electron chi connectivity index (χ1n) is 8.14. The van der Waals surface area contributed by atoms with Crippen molar-refractivity contribution in [1.29, 1.82) is 0 Å². The molecule has 1 aliphatic heterocycles. The molecule has 132 valence electrons. The number of carbonyl (C=O) groups excluding carboxylic acids is 1. The van der Waals surface area contributed by atoms with Gasteiger partial charge in [0.1, 0.15) is 11.5 Å². The van der Waals surface area contributed by atoms with Gasteiger partial charge in [-0.15, -0.1) is 0 Å². The number of halogens is 1. The third-order valence-corrected chi connectivity index (χ3v) is 4.18. The number of hydrogen-bond acceptors (Lipinski definition) is 4. The van der Waals surface area contributed by atoms with Gasteiger partial charge in [0, 0.05) is 32.4 Å². The molecule has 1 fully saturated rings. The Morgan fingerprint density at radius 1 is 1.24 bits per heavy atom. The first kappa shape index (κ1) is 17.0. The third-order valence-electron chi connectivity index (χ3n) is 4.18. The third kappa shape index (κ3) is 3.81. The second-order valence-corrected chi connectivity index (χ2v) is 5.93. The number of rotatable bonds is 3. The molecule has 0 radical (unpaired) electrons. The fraction of sp³-hybridized carbons (Fsp3) is 0.333. The van der Waals surface area contributed by atoms with Crippen LogP contribution in [0.3, 0.4) is 0 Å². The summed E-state index contributed by atoms with van der Waals surface area (Å²) in [5, 5.41) is 2.84. The predicted molar refractivity (Wildman–Crippen MR) is 94.7 cm³/mol.